The molecule has 0 aliphatic heterocycles. The van der Waals surface area contributed by atoms with Crippen LogP contribution in [0.15, 0.2) is 0 Å². The number of aliphatic carboxylic acids is 1. The van der Waals surface area contributed by atoms with Crippen molar-refractivity contribution in [3.05, 3.63) is 0 Å². The Hall–Kier alpha value is -0.530. The van der Waals surface area contributed by atoms with Crippen molar-refractivity contribution in [1.29, 1.82) is 0 Å². The predicted octanol–water partition coefficient (Wildman–Crippen LogP) is 2.86. The van der Waals surface area contributed by atoms with Crippen molar-refractivity contribution < 1.29 is 9.90 Å². The van der Waals surface area contributed by atoms with Gasteiger partial charge >= 0.3 is 0 Å². The molecule has 1 fully saturated rings. The molecule has 2 atom stereocenters. The molecule has 0 aromatic rings. The molecule has 1 aliphatic rings. The standard InChI is InChI=1S/C15H28O2/c1-14(2,3)11-7-10(13(16)17)8-12(9-11)15(4,5)6/h10-12H,7-9H2,1-6H3,(H,16,17)/p-1/t11-,12-/m1/s1. The summed E-state index contributed by atoms with van der Waals surface area (Å²) in [5.41, 5.74) is 0.384. The molecule has 100 valence electrons. The first-order valence-electron chi connectivity index (χ1n) is 6.72. The zero-order valence-electron chi connectivity index (χ0n) is 12.2. The lowest BCUT2D eigenvalue weighted by molar-refractivity contribution is -0.314. The van der Waals surface area contributed by atoms with Crippen molar-refractivity contribution >= 4 is 5.97 Å². The summed E-state index contributed by atoms with van der Waals surface area (Å²) in [6, 6.07) is 0. The van der Waals surface area contributed by atoms with E-state index in [0.29, 0.717) is 11.8 Å². The SMILES string of the molecule is CC(C)(C)[C@@H]1CC(C(=O)[O-])C[C@@H](C(C)(C)C)C1. The highest BCUT2D eigenvalue weighted by Crippen LogP contribution is 2.47. The summed E-state index contributed by atoms with van der Waals surface area (Å²) in [6.07, 6.45) is 2.73. The highest BCUT2D eigenvalue weighted by atomic mass is 16.4. The third-order valence-electron chi connectivity index (χ3n) is 4.49. The number of carbonyl (C=O) groups is 1. The van der Waals surface area contributed by atoms with Gasteiger partial charge in [-0.25, -0.2) is 0 Å². The van der Waals surface area contributed by atoms with Crippen LogP contribution in [0.5, 0.6) is 0 Å². The lowest BCUT2D eigenvalue weighted by Gasteiger charge is -2.46. The summed E-state index contributed by atoms with van der Waals surface area (Å²) >= 11 is 0. The van der Waals surface area contributed by atoms with Crippen molar-refractivity contribution in [2.45, 2.75) is 60.8 Å². The number of carboxylic acid groups (broad SMARTS) is 1. The molecule has 1 aliphatic carbocycles. The van der Waals surface area contributed by atoms with E-state index in [1.165, 1.54) is 0 Å². The van der Waals surface area contributed by atoms with Crippen molar-refractivity contribution in [2.75, 3.05) is 0 Å². The number of carbonyl (C=O) groups excluding carboxylic acids is 1. The Morgan fingerprint density at radius 2 is 1.24 bits per heavy atom. The third kappa shape index (κ3) is 3.72. The lowest BCUT2D eigenvalue weighted by atomic mass is 9.60. The van der Waals surface area contributed by atoms with E-state index in [4.69, 9.17) is 0 Å². The fourth-order valence-electron chi connectivity index (χ4n) is 2.93. The third-order valence-corrected chi connectivity index (χ3v) is 4.49. The second-order valence-corrected chi connectivity index (χ2v) is 7.85. The summed E-state index contributed by atoms with van der Waals surface area (Å²) in [5, 5.41) is 11.2. The fraction of sp³-hybridized carbons (Fsp3) is 0.933. The van der Waals surface area contributed by atoms with E-state index in [2.05, 4.69) is 41.5 Å². The quantitative estimate of drug-likeness (QED) is 0.706. The molecule has 0 spiro atoms. The van der Waals surface area contributed by atoms with Gasteiger partial charge in [-0.1, -0.05) is 41.5 Å². The van der Waals surface area contributed by atoms with Gasteiger partial charge in [-0.15, -0.1) is 0 Å². The Labute approximate surface area is 106 Å². The molecule has 1 saturated carbocycles. The Morgan fingerprint density at radius 1 is 0.882 bits per heavy atom. The van der Waals surface area contributed by atoms with Crippen LogP contribution >= 0.6 is 0 Å². The molecule has 2 heteroatoms. The van der Waals surface area contributed by atoms with Gasteiger partial charge in [0.25, 0.3) is 0 Å². The number of hydrogen-bond donors (Lipinski definition) is 0. The van der Waals surface area contributed by atoms with E-state index < -0.39 is 5.97 Å². The molecular weight excluding hydrogens is 212 g/mol. The van der Waals surface area contributed by atoms with Gasteiger partial charge in [0.1, 0.15) is 0 Å². The molecule has 0 amide bonds. The van der Waals surface area contributed by atoms with Gasteiger partial charge in [0.05, 0.1) is 0 Å². The zero-order chi connectivity index (χ0) is 13.4. The van der Waals surface area contributed by atoms with Gasteiger partial charge in [0, 0.05) is 5.97 Å². The van der Waals surface area contributed by atoms with Gasteiger partial charge in [0.15, 0.2) is 0 Å². The first-order valence-corrected chi connectivity index (χ1v) is 6.72. The van der Waals surface area contributed by atoms with E-state index in [1.807, 2.05) is 0 Å². The van der Waals surface area contributed by atoms with Gasteiger partial charge in [-0.05, 0) is 47.8 Å². The average Bonchev–Trinajstić information content (AvgIpc) is 2.14. The minimum atomic E-state index is -0.854. The molecule has 0 N–H and O–H groups in total. The number of hydrogen-bond acceptors (Lipinski definition) is 2. The van der Waals surface area contributed by atoms with Gasteiger partial charge in [-0.3, -0.25) is 0 Å². The van der Waals surface area contributed by atoms with E-state index in [1.54, 1.807) is 0 Å². The van der Waals surface area contributed by atoms with Crippen molar-refractivity contribution in [2.24, 2.45) is 28.6 Å². The first kappa shape index (κ1) is 14.5. The Kier molecular flexibility index (Phi) is 3.95. The molecule has 17 heavy (non-hydrogen) atoms. The molecule has 0 aromatic carbocycles. The minimum absolute atomic E-state index is 0.192. The second-order valence-electron chi connectivity index (χ2n) is 7.85. The summed E-state index contributed by atoms with van der Waals surface area (Å²) in [6.45, 7) is 13.3. The van der Waals surface area contributed by atoms with Crippen LogP contribution in [0.4, 0.5) is 0 Å². The topological polar surface area (TPSA) is 40.1 Å². The van der Waals surface area contributed by atoms with Gasteiger partial charge in [0.2, 0.25) is 0 Å². The van der Waals surface area contributed by atoms with Crippen molar-refractivity contribution in [3.63, 3.8) is 0 Å². The molecule has 0 unspecified atom stereocenters. The van der Waals surface area contributed by atoms with Crippen LogP contribution in [0, 0.1) is 28.6 Å². The number of carboxylic acids is 1. The average molecular weight is 239 g/mol. The van der Waals surface area contributed by atoms with Crippen LogP contribution in [-0.2, 0) is 4.79 Å². The van der Waals surface area contributed by atoms with Crippen LogP contribution < -0.4 is 5.11 Å². The van der Waals surface area contributed by atoms with Crippen LogP contribution in [0.3, 0.4) is 0 Å². The normalized spacial score (nSPS) is 31.3. The van der Waals surface area contributed by atoms with Gasteiger partial charge < -0.3 is 9.90 Å². The van der Waals surface area contributed by atoms with E-state index >= 15 is 0 Å². The molecule has 0 heterocycles. The molecule has 0 bridgehead atoms. The molecule has 0 saturated heterocycles. The Morgan fingerprint density at radius 3 is 1.47 bits per heavy atom. The monoisotopic (exact) mass is 239 g/mol. The zero-order valence-corrected chi connectivity index (χ0v) is 12.2. The summed E-state index contributed by atoms with van der Waals surface area (Å²) in [5.74, 6) is -0.128. The summed E-state index contributed by atoms with van der Waals surface area (Å²) in [7, 11) is 0. The fourth-order valence-corrected chi connectivity index (χ4v) is 2.93. The van der Waals surface area contributed by atoms with Crippen LogP contribution in [-0.4, -0.2) is 5.97 Å². The summed E-state index contributed by atoms with van der Waals surface area (Å²) in [4.78, 5) is 11.2. The Bertz CT molecular complexity index is 258. The van der Waals surface area contributed by atoms with E-state index in [9.17, 15) is 9.90 Å². The maximum atomic E-state index is 11.2. The minimum Gasteiger partial charge on any atom is -0.550 e. The van der Waals surface area contributed by atoms with Crippen LogP contribution in [0.1, 0.15) is 60.8 Å². The maximum Gasteiger partial charge on any atom is 0.0445 e. The highest BCUT2D eigenvalue weighted by Gasteiger charge is 2.39. The lowest BCUT2D eigenvalue weighted by Crippen LogP contribution is -2.42. The smallest absolute Gasteiger partial charge is 0.0445 e. The number of rotatable bonds is 1. The first-order chi connectivity index (χ1) is 7.51. The van der Waals surface area contributed by atoms with E-state index in [-0.39, 0.29) is 16.7 Å². The molecule has 2 nitrogen and oxygen atoms in total. The second kappa shape index (κ2) is 4.62. The van der Waals surface area contributed by atoms with Crippen LogP contribution in [0.25, 0.3) is 0 Å². The predicted molar refractivity (Wildman–Crippen MR) is 68.2 cm³/mol. The van der Waals surface area contributed by atoms with Crippen molar-refractivity contribution in [1.82, 2.24) is 0 Å². The van der Waals surface area contributed by atoms with Gasteiger partial charge in [-0.2, -0.15) is 0 Å². The largest absolute Gasteiger partial charge is 0.550 e. The summed E-state index contributed by atoms with van der Waals surface area (Å²) < 4.78 is 0. The van der Waals surface area contributed by atoms with Crippen molar-refractivity contribution in [3.8, 4) is 0 Å². The maximum absolute atomic E-state index is 11.2. The molecule has 1 rings (SSSR count). The molecular formula is C15H27O2-. The molecule has 0 aromatic heterocycles. The molecule has 0 radical (unpaired) electrons. The Balaban J connectivity index is 2.88. The van der Waals surface area contributed by atoms with Crippen LogP contribution in [0.2, 0.25) is 0 Å². The van der Waals surface area contributed by atoms with E-state index in [0.717, 1.165) is 19.3 Å². The highest BCUT2D eigenvalue weighted by molar-refractivity contribution is 5.67.